The van der Waals surface area contributed by atoms with Gasteiger partial charge in [-0.3, -0.25) is 0 Å². The minimum atomic E-state index is 0.0521. The van der Waals surface area contributed by atoms with Crippen molar-refractivity contribution in [3.05, 3.63) is 70.8 Å². The summed E-state index contributed by atoms with van der Waals surface area (Å²) in [5.41, 5.74) is 5.86. The molecule has 4 nitrogen and oxygen atoms in total. The molecule has 2 aromatic carbocycles. The maximum Gasteiger partial charge on any atom is 0.317 e. The van der Waals surface area contributed by atoms with Gasteiger partial charge in [0.05, 0.1) is 13.2 Å². The van der Waals surface area contributed by atoms with Crippen molar-refractivity contribution in [2.24, 2.45) is 5.92 Å². The number of benzene rings is 2. The van der Waals surface area contributed by atoms with Crippen molar-refractivity contribution >= 4 is 6.03 Å². The number of urea groups is 1. The molecule has 1 heterocycles. The van der Waals surface area contributed by atoms with Crippen molar-refractivity contribution in [3.8, 4) is 0 Å². The summed E-state index contributed by atoms with van der Waals surface area (Å²) in [5.74, 6) is 1.30. The van der Waals surface area contributed by atoms with Gasteiger partial charge in [0.15, 0.2) is 0 Å². The van der Waals surface area contributed by atoms with Crippen LogP contribution in [0, 0.1) is 5.92 Å². The van der Waals surface area contributed by atoms with Gasteiger partial charge in [-0.15, -0.1) is 0 Å². The highest BCUT2D eigenvalue weighted by atomic mass is 16.5. The van der Waals surface area contributed by atoms with Crippen LogP contribution in [0.4, 0.5) is 4.79 Å². The van der Waals surface area contributed by atoms with E-state index in [4.69, 9.17) is 4.74 Å². The van der Waals surface area contributed by atoms with Gasteiger partial charge in [0.25, 0.3) is 0 Å². The summed E-state index contributed by atoms with van der Waals surface area (Å²) < 4.78 is 5.34. The van der Waals surface area contributed by atoms with Crippen molar-refractivity contribution in [1.29, 1.82) is 0 Å². The second-order valence-corrected chi connectivity index (χ2v) is 7.57. The molecule has 26 heavy (non-hydrogen) atoms. The number of amides is 2. The van der Waals surface area contributed by atoms with E-state index in [-0.39, 0.29) is 6.03 Å². The highest BCUT2D eigenvalue weighted by Gasteiger charge is 2.42. The van der Waals surface area contributed by atoms with Crippen molar-refractivity contribution < 1.29 is 9.53 Å². The Morgan fingerprint density at radius 1 is 0.962 bits per heavy atom. The molecule has 2 amide bonds. The minimum absolute atomic E-state index is 0.0521. The van der Waals surface area contributed by atoms with E-state index in [0.717, 1.165) is 13.0 Å². The van der Waals surface area contributed by atoms with Crippen LogP contribution < -0.4 is 5.32 Å². The maximum atomic E-state index is 12.5. The van der Waals surface area contributed by atoms with Crippen LogP contribution >= 0.6 is 0 Å². The topological polar surface area (TPSA) is 41.6 Å². The summed E-state index contributed by atoms with van der Waals surface area (Å²) in [4.78, 5) is 14.4. The van der Waals surface area contributed by atoms with Crippen LogP contribution in [-0.2, 0) is 4.74 Å². The van der Waals surface area contributed by atoms with Crippen LogP contribution in [0.2, 0.25) is 0 Å². The summed E-state index contributed by atoms with van der Waals surface area (Å²) in [7, 11) is 0. The monoisotopic (exact) mass is 348 g/mol. The molecule has 0 spiro atoms. The predicted molar refractivity (Wildman–Crippen MR) is 100 cm³/mol. The first-order valence-corrected chi connectivity index (χ1v) is 9.61. The van der Waals surface area contributed by atoms with Crippen LogP contribution in [0.1, 0.15) is 40.5 Å². The normalized spacial score (nSPS) is 26.2. The molecule has 4 heteroatoms. The van der Waals surface area contributed by atoms with Crippen molar-refractivity contribution in [2.45, 2.75) is 18.3 Å². The second-order valence-electron chi connectivity index (χ2n) is 7.57. The molecule has 0 radical (unpaired) electrons. The van der Waals surface area contributed by atoms with E-state index in [9.17, 15) is 4.79 Å². The van der Waals surface area contributed by atoms with Gasteiger partial charge in [0.1, 0.15) is 0 Å². The number of nitrogens with zero attached hydrogens (tertiary/aromatic N) is 1. The highest BCUT2D eigenvalue weighted by Crippen LogP contribution is 2.55. The van der Waals surface area contributed by atoms with Crippen LogP contribution in [-0.4, -0.2) is 43.8 Å². The zero-order valence-corrected chi connectivity index (χ0v) is 14.9. The van der Waals surface area contributed by atoms with Gasteiger partial charge < -0.3 is 15.0 Å². The van der Waals surface area contributed by atoms with Gasteiger partial charge >= 0.3 is 6.03 Å². The molecule has 2 aromatic rings. The summed E-state index contributed by atoms with van der Waals surface area (Å²) in [6.45, 7) is 3.40. The second kappa shape index (κ2) is 6.44. The number of rotatable bonds is 2. The first-order valence-electron chi connectivity index (χ1n) is 9.61. The molecular formula is C22H24N2O2. The van der Waals surface area contributed by atoms with Gasteiger partial charge in [-0.1, -0.05) is 48.5 Å². The van der Waals surface area contributed by atoms with Crippen LogP contribution in [0.3, 0.4) is 0 Å². The maximum absolute atomic E-state index is 12.5. The zero-order chi connectivity index (χ0) is 17.5. The van der Waals surface area contributed by atoms with E-state index in [0.29, 0.717) is 44.1 Å². The largest absolute Gasteiger partial charge is 0.378 e. The van der Waals surface area contributed by atoms with Crippen LogP contribution in [0.25, 0.3) is 0 Å². The Bertz CT molecular complexity index is 781. The number of ether oxygens (including phenoxy) is 1. The fourth-order valence-electron chi connectivity index (χ4n) is 5.06. The number of morpholine rings is 1. The van der Waals surface area contributed by atoms with E-state index in [1.807, 2.05) is 4.90 Å². The van der Waals surface area contributed by atoms with Crippen molar-refractivity contribution in [3.63, 3.8) is 0 Å². The molecule has 1 saturated heterocycles. The Balaban J connectivity index is 1.39. The molecule has 134 valence electrons. The number of hydrogen-bond acceptors (Lipinski definition) is 2. The van der Waals surface area contributed by atoms with Crippen LogP contribution in [0.5, 0.6) is 0 Å². The van der Waals surface area contributed by atoms with E-state index < -0.39 is 0 Å². The van der Waals surface area contributed by atoms with Crippen molar-refractivity contribution in [1.82, 2.24) is 10.2 Å². The third-order valence-corrected chi connectivity index (χ3v) is 6.24. The van der Waals surface area contributed by atoms with E-state index in [1.54, 1.807) is 0 Å². The lowest BCUT2D eigenvalue weighted by Crippen LogP contribution is -2.48. The van der Waals surface area contributed by atoms with Gasteiger partial charge in [-0.05, 0) is 34.6 Å². The van der Waals surface area contributed by atoms with Gasteiger partial charge in [-0.2, -0.15) is 0 Å². The smallest absolute Gasteiger partial charge is 0.317 e. The molecule has 0 saturated carbocycles. The third kappa shape index (κ3) is 2.52. The lowest BCUT2D eigenvalue weighted by atomic mass is 9.59. The third-order valence-electron chi connectivity index (χ3n) is 6.24. The SMILES string of the molecule is O=C(NC[C@@H]1CC2c3ccccc3C1c1ccccc12)N1CCOCC1. The zero-order valence-electron chi connectivity index (χ0n) is 14.9. The molecular weight excluding hydrogens is 324 g/mol. The van der Waals surface area contributed by atoms with Crippen LogP contribution in [0.15, 0.2) is 48.5 Å². The fraction of sp³-hybridized carbons (Fsp3) is 0.409. The Labute approximate surface area is 154 Å². The molecule has 0 aromatic heterocycles. The van der Waals surface area contributed by atoms with E-state index in [2.05, 4.69) is 53.8 Å². The number of carbonyl (C=O) groups excluding carboxylic acids is 1. The van der Waals surface area contributed by atoms with Crippen molar-refractivity contribution in [2.75, 3.05) is 32.8 Å². The fourth-order valence-corrected chi connectivity index (χ4v) is 5.06. The summed E-state index contributed by atoms with van der Waals surface area (Å²) in [6.07, 6.45) is 1.11. The number of fused-ring (bicyclic) bond motifs is 1. The first-order chi connectivity index (χ1) is 12.8. The molecule has 0 unspecified atom stereocenters. The number of hydrogen-bond donors (Lipinski definition) is 1. The lowest BCUT2D eigenvalue weighted by molar-refractivity contribution is 0.0528. The lowest BCUT2D eigenvalue weighted by Gasteiger charge is -2.45. The number of nitrogens with one attached hydrogen (secondary N) is 1. The standard InChI is InChI=1S/C22H24N2O2/c25-22(24-9-11-26-12-10-24)23-14-15-13-20-16-5-1-3-7-18(16)21(15)19-8-4-2-6-17(19)20/h1-8,15,20-21H,9-14H2,(H,23,25)/t15-,20?,21?/m0/s1. The average molecular weight is 348 g/mol. The quantitative estimate of drug-likeness (QED) is 0.904. The van der Waals surface area contributed by atoms with Gasteiger partial charge in [-0.25, -0.2) is 4.79 Å². The molecule has 1 atom stereocenters. The summed E-state index contributed by atoms with van der Waals surface area (Å²) >= 11 is 0. The summed E-state index contributed by atoms with van der Waals surface area (Å²) in [5, 5.41) is 3.20. The Hall–Kier alpha value is -2.33. The molecule has 1 N–H and O–H groups in total. The highest BCUT2D eigenvalue weighted by molar-refractivity contribution is 5.74. The summed E-state index contributed by atoms with van der Waals surface area (Å²) in [6, 6.07) is 17.8. The van der Waals surface area contributed by atoms with Gasteiger partial charge in [0, 0.05) is 31.5 Å². The molecule has 1 aliphatic heterocycles. The Morgan fingerprint density at radius 3 is 2.15 bits per heavy atom. The first kappa shape index (κ1) is 15.9. The Morgan fingerprint density at radius 2 is 1.54 bits per heavy atom. The molecule has 2 bridgehead atoms. The number of carbonyl (C=O) groups is 1. The van der Waals surface area contributed by atoms with Gasteiger partial charge in [0.2, 0.25) is 0 Å². The predicted octanol–water partition coefficient (Wildman–Crippen LogP) is 3.33. The molecule has 3 aliphatic carbocycles. The molecule has 4 aliphatic rings. The molecule has 1 fully saturated rings. The van der Waals surface area contributed by atoms with E-state index >= 15 is 0 Å². The average Bonchev–Trinajstić information content (AvgIpc) is 2.73. The minimum Gasteiger partial charge on any atom is -0.378 e. The Kier molecular flexibility index (Phi) is 3.93. The molecule has 6 rings (SSSR count). The van der Waals surface area contributed by atoms with E-state index in [1.165, 1.54) is 22.3 Å².